The summed E-state index contributed by atoms with van der Waals surface area (Å²) in [5, 5.41) is 25.4. The van der Waals surface area contributed by atoms with E-state index in [0.29, 0.717) is 6.42 Å². The lowest BCUT2D eigenvalue weighted by molar-refractivity contribution is -0.143. The molecule has 0 aromatic carbocycles. The number of rotatable bonds is 14. The van der Waals surface area contributed by atoms with E-state index < -0.39 is 66.3 Å². The number of nitrogens with one attached hydrogen (secondary N) is 3. The second kappa shape index (κ2) is 13.5. The molecule has 9 N–H and O–H groups in total. The first-order chi connectivity index (χ1) is 14.3. The van der Waals surface area contributed by atoms with Crippen molar-refractivity contribution in [1.29, 1.82) is 0 Å². The van der Waals surface area contributed by atoms with Crippen LogP contribution in [0.25, 0.3) is 0 Å². The molecule has 4 amide bonds. The number of aliphatic hydroxyl groups is 1. The smallest absolute Gasteiger partial charge is 0.328 e. The fourth-order valence-corrected chi connectivity index (χ4v) is 2.62. The zero-order chi connectivity index (χ0) is 24.3. The highest BCUT2D eigenvalue weighted by atomic mass is 16.4. The average molecular weight is 446 g/mol. The molecule has 0 bridgehead atoms. The van der Waals surface area contributed by atoms with Crippen LogP contribution in [0.4, 0.5) is 0 Å². The maximum absolute atomic E-state index is 12.9. The molecule has 0 aliphatic heterocycles. The van der Waals surface area contributed by atoms with Crippen molar-refractivity contribution in [2.45, 2.75) is 71.1 Å². The van der Waals surface area contributed by atoms with Crippen LogP contribution < -0.4 is 27.4 Å². The summed E-state index contributed by atoms with van der Waals surface area (Å²) in [7, 11) is 0. The number of carboxylic acids is 1. The van der Waals surface area contributed by atoms with Crippen molar-refractivity contribution in [3.8, 4) is 0 Å². The molecule has 0 saturated carbocycles. The number of carbonyl (C=O) groups excluding carboxylic acids is 4. The number of carboxylic acid groups (broad SMARTS) is 1. The Bertz CT molecular complexity index is 656. The van der Waals surface area contributed by atoms with Gasteiger partial charge in [-0.15, -0.1) is 0 Å². The highest BCUT2D eigenvalue weighted by molar-refractivity contribution is 5.94. The molecule has 0 aliphatic rings. The van der Waals surface area contributed by atoms with Crippen molar-refractivity contribution in [2.24, 2.45) is 23.3 Å². The Morgan fingerprint density at radius 1 is 0.903 bits per heavy atom. The molecule has 0 radical (unpaired) electrons. The second-order valence-corrected chi connectivity index (χ2v) is 7.80. The number of hydrogen-bond donors (Lipinski definition) is 7. The Kier molecular flexibility index (Phi) is 12.4. The van der Waals surface area contributed by atoms with Gasteiger partial charge in [0.05, 0.1) is 12.6 Å². The number of primary amides is 1. The van der Waals surface area contributed by atoms with Gasteiger partial charge in [-0.2, -0.15) is 0 Å². The van der Waals surface area contributed by atoms with E-state index in [9.17, 15) is 24.0 Å². The Morgan fingerprint density at radius 3 is 1.84 bits per heavy atom. The molecule has 0 aliphatic carbocycles. The van der Waals surface area contributed by atoms with Gasteiger partial charge < -0.3 is 37.6 Å². The lowest BCUT2D eigenvalue weighted by Crippen LogP contribution is -2.60. The molecule has 12 heteroatoms. The fraction of sp³-hybridized carbons (Fsp3) is 0.737. The standard InChI is InChI=1S/C19H35N5O7/c1-5-10(4)15(24-16(27)11(20)6-7-13(21)26)18(29)23-14(9(2)3)17(28)22-12(8-25)19(30)31/h9-12,14-15,25H,5-8,20H2,1-4H3,(H2,21,26)(H,22,28)(H,23,29)(H,24,27)(H,30,31). The molecule has 5 unspecified atom stereocenters. The molecule has 0 aromatic rings. The van der Waals surface area contributed by atoms with Crippen LogP contribution in [-0.4, -0.2) is 70.6 Å². The van der Waals surface area contributed by atoms with Crippen LogP contribution in [0.1, 0.15) is 47.0 Å². The first kappa shape index (κ1) is 28.3. The van der Waals surface area contributed by atoms with Gasteiger partial charge in [0, 0.05) is 6.42 Å². The molecule has 178 valence electrons. The maximum atomic E-state index is 12.9. The van der Waals surface area contributed by atoms with Crippen LogP contribution >= 0.6 is 0 Å². The van der Waals surface area contributed by atoms with Crippen molar-refractivity contribution in [2.75, 3.05) is 6.61 Å². The van der Waals surface area contributed by atoms with Gasteiger partial charge in [-0.3, -0.25) is 19.2 Å². The van der Waals surface area contributed by atoms with Gasteiger partial charge in [0.25, 0.3) is 0 Å². The number of carbonyl (C=O) groups is 5. The minimum absolute atomic E-state index is 0.0186. The quantitative estimate of drug-likeness (QED) is 0.155. The summed E-state index contributed by atoms with van der Waals surface area (Å²) in [5.74, 6) is -4.81. The topological polar surface area (TPSA) is 214 Å². The van der Waals surface area contributed by atoms with E-state index in [1.807, 2.05) is 6.92 Å². The molecule has 12 nitrogen and oxygen atoms in total. The Morgan fingerprint density at radius 2 is 1.42 bits per heavy atom. The van der Waals surface area contributed by atoms with E-state index in [-0.39, 0.29) is 18.8 Å². The summed E-state index contributed by atoms with van der Waals surface area (Å²) in [6.07, 6.45) is 0.462. The number of aliphatic hydroxyl groups excluding tert-OH is 1. The van der Waals surface area contributed by atoms with E-state index in [2.05, 4.69) is 16.0 Å². The first-order valence-electron chi connectivity index (χ1n) is 10.1. The molecule has 31 heavy (non-hydrogen) atoms. The fourth-order valence-electron chi connectivity index (χ4n) is 2.62. The number of aliphatic carboxylic acids is 1. The number of nitrogens with two attached hydrogens (primary N) is 2. The predicted octanol–water partition coefficient (Wildman–Crippen LogP) is -2.19. The molecule has 0 spiro atoms. The highest BCUT2D eigenvalue weighted by Crippen LogP contribution is 2.11. The van der Waals surface area contributed by atoms with Crippen molar-refractivity contribution in [3.63, 3.8) is 0 Å². The highest BCUT2D eigenvalue weighted by Gasteiger charge is 2.33. The summed E-state index contributed by atoms with van der Waals surface area (Å²) in [6.45, 7) is 6.03. The lowest BCUT2D eigenvalue weighted by atomic mass is 9.96. The molecule has 0 rings (SSSR count). The molecular formula is C19H35N5O7. The zero-order valence-corrected chi connectivity index (χ0v) is 18.4. The summed E-state index contributed by atoms with van der Waals surface area (Å²) >= 11 is 0. The van der Waals surface area contributed by atoms with Crippen LogP contribution in [0.5, 0.6) is 0 Å². The van der Waals surface area contributed by atoms with Crippen molar-refractivity contribution in [1.82, 2.24) is 16.0 Å². The normalized spacial score (nSPS) is 15.8. The van der Waals surface area contributed by atoms with Crippen LogP contribution in [0.15, 0.2) is 0 Å². The van der Waals surface area contributed by atoms with E-state index in [1.165, 1.54) is 0 Å². The van der Waals surface area contributed by atoms with Crippen LogP contribution in [-0.2, 0) is 24.0 Å². The largest absolute Gasteiger partial charge is 0.480 e. The number of amides is 4. The minimum Gasteiger partial charge on any atom is -0.480 e. The second-order valence-electron chi connectivity index (χ2n) is 7.80. The summed E-state index contributed by atoms with van der Waals surface area (Å²) in [6, 6.07) is -4.68. The predicted molar refractivity (Wildman–Crippen MR) is 111 cm³/mol. The SMILES string of the molecule is CCC(C)C(NC(=O)C(N)CCC(N)=O)C(=O)NC(C(=O)NC(CO)C(=O)O)C(C)C. The van der Waals surface area contributed by atoms with E-state index in [0.717, 1.165) is 0 Å². The van der Waals surface area contributed by atoms with Crippen molar-refractivity contribution < 1.29 is 34.2 Å². The third kappa shape index (κ3) is 9.75. The summed E-state index contributed by atoms with van der Waals surface area (Å²) < 4.78 is 0. The monoisotopic (exact) mass is 445 g/mol. The van der Waals surface area contributed by atoms with Gasteiger partial charge in [0.2, 0.25) is 23.6 Å². The van der Waals surface area contributed by atoms with Gasteiger partial charge in [0.15, 0.2) is 0 Å². The van der Waals surface area contributed by atoms with Crippen molar-refractivity contribution in [3.05, 3.63) is 0 Å². The van der Waals surface area contributed by atoms with Gasteiger partial charge in [-0.25, -0.2) is 4.79 Å². The summed E-state index contributed by atoms with van der Waals surface area (Å²) in [4.78, 5) is 59.7. The van der Waals surface area contributed by atoms with Gasteiger partial charge in [-0.05, 0) is 18.3 Å². The Hall–Kier alpha value is -2.73. The van der Waals surface area contributed by atoms with Crippen LogP contribution in [0.2, 0.25) is 0 Å². The van der Waals surface area contributed by atoms with Gasteiger partial charge in [-0.1, -0.05) is 34.1 Å². The third-order valence-electron chi connectivity index (χ3n) is 4.88. The number of hydrogen-bond acceptors (Lipinski definition) is 7. The minimum atomic E-state index is -1.51. The first-order valence-corrected chi connectivity index (χ1v) is 10.1. The van der Waals surface area contributed by atoms with Gasteiger partial charge in [0.1, 0.15) is 18.1 Å². The Balaban J connectivity index is 5.37. The van der Waals surface area contributed by atoms with Crippen LogP contribution in [0.3, 0.4) is 0 Å². The van der Waals surface area contributed by atoms with E-state index >= 15 is 0 Å². The molecular weight excluding hydrogens is 410 g/mol. The zero-order valence-electron chi connectivity index (χ0n) is 18.4. The molecule has 0 saturated heterocycles. The lowest BCUT2D eigenvalue weighted by Gasteiger charge is -2.29. The molecule has 5 atom stereocenters. The Labute approximate surface area is 181 Å². The molecule has 0 fully saturated rings. The van der Waals surface area contributed by atoms with Crippen molar-refractivity contribution >= 4 is 29.6 Å². The van der Waals surface area contributed by atoms with Gasteiger partial charge >= 0.3 is 5.97 Å². The maximum Gasteiger partial charge on any atom is 0.328 e. The average Bonchev–Trinajstić information content (AvgIpc) is 2.70. The van der Waals surface area contributed by atoms with E-state index in [4.69, 9.17) is 21.7 Å². The van der Waals surface area contributed by atoms with Crippen LogP contribution in [0, 0.1) is 11.8 Å². The summed E-state index contributed by atoms with van der Waals surface area (Å²) in [5.41, 5.74) is 10.8. The molecule has 0 heterocycles. The third-order valence-corrected chi connectivity index (χ3v) is 4.88. The van der Waals surface area contributed by atoms with E-state index in [1.54, 1.807) is 20.8 Å². The molecule has 0 aromatic heterocycles.